The molecule has 1 unspecified atom stereocenters. The molecule has 0 aliphatic carbocycles. The van der Waals surface area contributed by atoms with Crippen LogP contribution in [-0.4, -0.2) is 33.7 Å². The van der Waals surface area contributed by atoms with Crippen LogP contribution in [0.25, 0.3) is 0 Å². The van der Waals surface area contributed by atoms with E-state index in [0.717, 1.165) is 9.96 Å². The van der Waals surface area contributed by atoms with E-state index in [1.54, 1.807) is 36.4 Å². The third kappa shape index (κ3) is 3.52. The lowest BCUT2D eigenvalue weighted by atomic mass is 10.2. The standard InChI is InChI=1S/C17H11ClN4O4S/c18-11-2-4-12(5-3-11)27-15-6-1-10(7-14(15)22(24)25)16-20-13-8-19-9-21(23)17(13)26-16/h1-9,17,23H. The van der Waals surface area contributed by atoms with Crippen LogP contribution >= 0.6 is 23.4 Å². The van der Waals surface area contributed by atoms with E-state index in [9.17, 15) is 15.3 Å². The van der Waals surface area contributed by atoms with Crippen LogP contribution in [-0.2, 0) is 4.74 Å². The van der Waals surface area contributed by atoms with E-state index in [-0.39, 0.29) is 11.6 Å². The summed E-state index contributed by atoms with van der Waals surface area (Å²) >= 11 is 7.14. The zero-order valence-corrected chi connectivity index (χ0v) is 15.1. The van der Waals surface area contributed by atoms with Gasteiger partial charge in [0.1, 0.15) is 12.0 Å². The van der Waals surface area contributed by atoms with Crippen LogP contribution in [0.4, 0.5) is 5.69 Å². The molecule has 0 saturated carbocycles. The lowest BCUT2D eigenvalue weighted by Gasteiger charge is -2.21. The monoisotopic (exact) mass is 402 g/mol. The Morgan fingerprint density at radius 2 is 2.04 bits per heavy atom. The number of rotatable bonds is 4. The van der Waals surface area contributed by atoms with E-state index >= 15 is 0 Å². The Kier molecular flexibility index (Phi) is 4.56. The fraction of sp³-hybridized carbons (Fsp3) is 0.0588. The van der Waals surface area contributed by atoms with Crippen molar-refractivity contribution < 1.29 is 14.9 Å². The number of nitrogens with zero attached hydrogens (tertiary/aromatic N) is 4. The highest BCUT2D eigenvalue weighted by atomic mass is 35.5. The summed E-state index contributed by atoms with van der Waals surface area (Å²) in [4.78, 5) is 20.5. The number of hydroxylamine groups is 2. The zero-order chi connectivity index (χ0) is 19.0. The Morgan fingerprint density at radius 3 is 2.74 bits per heavy atom. The van der Waals surface area contributed by atoms with Crippen molar-refractivity contribution in [1.82, 2.24) is 5.06 Å². The van der Waals surface area contributed by atoms with Gasteiger partial charge < -0.3 is 4.74 Å². The van der Waals surface area contributed by atoms with Gasteiger partial charge in [0, 0.05) is 21.5 Å². The first-order valence-electron chi connectivity index (χ1n) is 7.69. The molecule has 4 rings (SSSR count). The number of hydrogen-bond donors (Lipinski definition) is 1. The number of halogens is 1. The van der Waals surface area contributed by atoms with Crippen molar-refractivity contribution in [2.45, 2.75) is 16.0 Å². The third-order valence-corrected chi connectivity index (χ3v) is 5.11. The average molecular weight is 403 g/mol. The minimum Gasteiger partial charge on any atom is -0.445 e. The molecule has 1 N–H and O–H groups in total. The van der Waals surface area contributed by atoms with E-state index in [0.29, 0.717) is 21.2 Å². The summed E-state index contributed by atoms with van der Waals surface area (Å²) in [6.45, 7) is 0. The van der Waals surface area contributed by atoms with Crippen molar-refractivity contribution in [2.24, 2.45) is 9.98 Å². The van der Waals surface area contributed by atoms with Crippen molar-refractivity contribution in [3.05, 3.63) is 75.1 Å². The number of nitro benzene ring substituents is 1. The second-order valence-electron chi connectivity index (χ2n) is 5.58. The molecule has 8 nitrogen and oxygen atoms in total. The first-order valence-corrected chi connectivity index (χ1v) is 8.89. The molecule has 2 aromatic rings. The fourth-order valence-corrected chi connectivity index (χ4v) is 3.55. The van der Waals surface area contributed by atoms with E-state index in [2.05, 4.69) is 9.98 Å². The molecule has 2 heterocycles. The summed E-state index contributed by atoms with van der Waals surface area (Å²) in [5, 5.41) is 22.7. The molecular weight excluding hydrogens is 392 g/mol. The van der Waals surface area contributed by atoms with Crippen molar-refractivity contribution in [3.63, 3.8) is 0 Å². The Hall–Kier alpha value is -2.88. The Balaban J connectivity index is 1.65. The second-order valence-corrected chi connectivity index (χ2v) is 7.13. The van der Waals surface area contributed by atoms with Gasteiger partial charge >= 0.3 is 0 Å². The number of hydrogen-bond acceptors (Lipinski definition) is 8. The molecule has 0 saturated heterocycles. The van der Waals surface area contributed by atoms with E-state index in [1.807, 2.05) is 0 Å². The average Bonchev–Trinajstić information content (AvgIpc) is 3.09. The van der Waals surface area contributed by atoms with Crippen LogP contribution < -0.4 is 0 Å². The summed E-state index contributed by atoms with van der Waals surface area (Å²) in [5.41, 5.74) is 0.780. The molecule has 0 spiro atoms. The van der Waals surface area contributed by atoms with Crippen LogP contribution in [0.1, 0.15) is 5.56 Å². The molecule has 27 heavy (non-hydrogen) atoms. The van der Waals surface area contributed by atoms with E-state index in [4.69, 9.17) is 16.3 Å². The Bertz CT molecular complexity index is 1010. The number of nitro groups is 1. The normalized spacial score (nSPS) is 17.9. The molecule has 0 amide bonds. The van der Waals surface area contributed by atoms with Gasteiger partial charge in [-0.25, -0.2) is 15.0 Å². The minimum atomic E-state index is -0.806. The van der Waals surface area contributed by atoms with Gasteiger partial charge in [0.25, 0.3) is 5.69 Å². The van der Waals surface area contributed by atoms with Gasteiger partial charge in [0.05, 0.1) is 16.0 Å². The molecule has 1 atom stereocenters. The molecule has 10 heteroatoms. The summed E-state index contributed by atoms with van der Waals surface area (Å²) in [5.74, 6) is 0.182. The summed E-state index contributed by atoms with van der Waals surface area (Å²) in [6.07, 6.45) is 1.85. The fourth-order valence-electron chi connectivity index (χ4n) is 2.53. The molecule has 2 aromatic carbocycles. The maximum Gasteiger partial charge on any atom is 0.284 e. The lowest BCUT2D eigenvalue weighted by molar-refractivity contribution is -0.387. The smallest absolute Gasteiger partial charge is 0.284 e. The maximum absolute atomic E-state index is 11.5. The Labute approximate surface area is 162 Å². The largest absolute Gasteiger partial charge is 0.445 e. The van der Waals surface area contributed by atoms with Crippen molar-refractivity contribution in [2.75, 3.05) is 0 Å². The predicted molar refractivity (Wildman–Crippen MR) is 100 cm³/mol. The first kappa shape index (κ1) is 17.5. The maximum atomic E-state index is 11.5. The van der Waals surface area contributed by atoms with Gasteiger partial charge in [-0.1, -0.05) is 23.4 Å². The quantitative estimate of drug-likeness (QED) is 0.611. The number of aliphatic imine (C=N–C) groups is 2. The molecule has 0 bridgehead atoms. The Morgan fingerprint density at radius 1 is 1.26 bits per heavy atom. The van der Waals surface area contributed by atoms with Crippen molar-refractivity contribution in [3.8, 4) is 0 Å². The predicted octanol–water partition coefficient (Wildman–Crippen LogP) is 4.08. The van der Waals surface area contributed by atoms with Gasteiger partial charge in [-0.2, -0.15) is 0 Å². The SMILES string of the molecule is O=[N+]([O-])c1cc(C2=NC3=CN=CN(O)C3O2)ccc1Sc1ccc(Cl)cc1. The van der Waals surface area contributed by atoms with Gasteiger partial charge in [0.2, 0.25) is 12.1 Å². The lowest BCUT2D eigenvalue weighted by Crippen LogP contribution is -2.34. The van der Waals surface area contributed by atoms with Crippen LogP contribution in [0.2, 0.25) is 5.02 Å². The van der Waals surface area contributed by atoms with Crippen LogP contribution in [0.15, 0.2) is 74.1 Å². The molecule has 0 radical (unpaired) electrons. The number of benzene rings is 2. The summed E-state index contributed by atoms with van der Waals surface area (Å²) in [7, 11) is 0. The summed E-state index contributed by atoms with van der Waals surface area (Å²) < 4.78 is 5.59. The highest BCUT2D eigenvalue weighted by Crippen LogP contribution is 2.36. The first-order chi connectivity index (χ1) is 13.0. The van der Waals surface area contributed by atoms with E-state index in [1.165, 1.54) is 30.4 Å². The summed E-state index contributed by atoms with van der Waals surface area (Å²) in [6, 6.07) is 11.8. The second kappa shape index (κ2) is 7.03. The van der Waals surface area contributed by atoms with Gasteiger partial charge in [0.15, 0.2) is 0 Å². The molecule has 2 aliphatic rings. The van der Waals surface area contributed by atoms with Crippen molar-refractivity contribution >= 4 is 41.3 Å². The zero-order valence-electron chi connectivity index (χ0n) is 13.5. The topological polar surface area (TPSA) is 101 Å². The van der Waals surface area contributed by atoms with E-state index < -0.39 is 11.2 Å². The molecule has 136 valence electrons. The van der Waals surface area contributed by atoms with Crippen LogP contribution in [0, 0.1) is 10.1 Å². The van der Waals surface area contributed by atoms with Gasteiger partial charge in [-0.15, -0.1) is 0 Å². The van der Waals surface area contributed by atoms with Crippen molar-refractivity contribution in [1.29, 1.82) is 0 Å². The number of ether oxygens (including phenoxy) is 1. The molecular formula is C17H11ClN4O4S. The molecule has 0 aromatic heterocycles. The van der Waals surface area contributed by atoms with Gasteiger partial charge in [-0.3, -0.25) is 15.3 Å². The van der Waals surface area contributed by atoms with Crippen LogP contribution in [0.5, 0.6) is 0 Å². The van der Waals surface area contributed by atoms with Crippen LogP contribution in [0.3, 0.4) is 0 Å². The third-order valence-electron chi connectivity index (χ3n) is 3.78. The highest BCUT2D eigenvalue weighted by Gasteiger charge is 2.33. The molecule has 2 aliphatic heterocycles. The highest BCUT2D eigenvalue weighted by molar-refractivity contribution is 7.99. The van der Waals surface area contributed by atoms with Gasteiger partial charge in [-0.05, 0) is 36.4 Å². The number of fused-ring (bicyclic) bond motifs is 1. The molecule has 0 fully saturated rings. The minimum absolute atomic E-state index is 0.0697.